The van der Waals surface area contributed by atoms with E-state index in [4.69, 9.17) is 5.73 Å². The van der Waals surface area contributed by atoms with Gasteiger partial charge in [0.05, 0.1) is 11.6 Å². The average molecular weight is 267 g/mol. The van der Waals surface area contributed by atoms with E-state index in [1.165, 1.54) is 11.3 Å². The van der Waals surface area contributed by atoms with Crippen LogP contribution in [-0.4, -0.2) is 23.9 Å². The van der Waals surface area contributed by atoms with Crippen LogP contribution in [0.1, 0.15) is 35.0 Å². The van der Waals surface area contributed by atoms with E-state index >= 15 is 0 Å². The molecule has 0 bridgehead atoms. The summed E-state index contributed by atoms with van der Waals surface area (Å²) in [7, 11) is 0. The van der Waals surface area contributed by atoms with Crippen molar-refractivity contribution in [1.29, 1.82) is 0 Å². The van der Waals surface area contributed by atoms with E-state index in [9.17, 15) is 9.59 Å². The predicted molar refractivity (Wildman–Crippen MR) is 70.3 cm³/mol. The molecule has 1 aromatic heterocycles. The molecule has 1 aliphatic carbocycles. The number of carbonyl (C=O) groups excluding carboxylic acids is 2. The topological polar surface area (TPSA) is 84.2 Å². The molecule has 1 aromatic rings. The van der Waals surface area contributed by atoms with Crippen LogP contribution in [0.15, 0.2) is 11.4 Å². The number of carbonyl (C=O) groups is 2. The number of primary amides is 1. The molecule has 1 unspecified atom stereocenters. The Hall–Kier alpha value is -1.40. The smallest absolute Gasteiger partial charge is 0.249 e. The fourth-order valence-electron chi connectivity index (χ4n) is 1.50. The molecule has 1 saturated carbocycles. The second-order valence-electron chi connectivity index (χ2n) is 4.55. The first-order valence-electron chi connectivity index (χ1n) is 5.97. The van der Waals surface area contributed by atoms with Gasteiger partial charge in [0.15, 0.2) is 0 Å². The Morgan fingerprint density at radius 2 is 2.28 bits per heavy atom. The monoisotopic (exact) mass is 267 g/mol. The minimum atomic E-state index is -0.419. The maximum atomic E-state index is 11.7. The molecule has 2 amide bonds. The van der Waals surface area contributed by atoms with E-state index in [0.29, 0.717) is 18.2 Å². The summed E-state index contributed by atoms with van der Waals surface area (Å²) in [5.41, 5.74) is 5.70. The van der Waals surface area contributed by atoms with Crippen molar-refractivity contribution in [1.82, 2.24) is 10.6 Å². The van der Waals surface area contributed by atoms with Gasteiger partial charge in [-0.2, -0.15) is 0 Å². The fraction of sp³-hybridized carbons (Fsp3) is 0.500. The summed E-state index contributed by atoms with van der Waals surface area (Å²) in [5.74, 6) is -0.388. The van der Waals surface area contributed by atoms with Crippen LogP contribution in [0, 0.1) is 0 Å². The third kappa shape index (κ3) is 3.54. The van der Waals surface area contributed by atoms with Crippen molar-refractivity contribution in [3.8, 4) is 0 Å². The van der Waals surface area contributed by atoms with Crippen LogP contribution in [0.4, 0.5) is 0 Å². The lowest BCUT2D eigenvalue weighted by Gasteiger charge is -2.12. The Morgan fingerprint density at radius 3 is 2.83 bits per heavy atom. The number of nitrogens with one attached hydrogen (secondary N) is 2. The van der Waals surface area contributed by atoms with Gasteiger partial charge in [0.1, 0.15) is 0 Å². The molecule has 0 saturated heterocycles. The Kier molecular flexibility index (Phi) is 3.98. The van der Waals surface area contributed by atoms with Crippen LogP contribution in [0.25, 0.3) is 0 Å². The zero-order chi connectivity index (χ0) is 13.1. The highest BCUT2D eigenvalue weighted by Gasteiger charge is 2.25. The van der Waals surface area contributed by atoms with Crippen LogP contribution >= 0.6 is 11.3 Å². The molecule has 1 fully saturated rings. The van der Waals surface area contributed by atoms with Gasteiger partial charge in [-0.1, -0.05) is 0 Å². The summed E-state index contributed by atoms with van der Waals surface area (Å²) in [6.45, 7) is 2.40. The van der Waals surface area contributed by atoms with Crippen molar-refractivity contribution < 1.29 is 9.59 Å². The second kappa shape index (κ2) is 5.49. The lowest BCUT2D eigenvalue weighted by Crippen LogP contribution is -2.42. The van der Waals surface area contributed by atoms with Crippen LogP contribution in [-0.2, 0) is 11.3 Å². The number of amides is 2. The number of hydrogen-bond acceptors (Lipinski definition) is 4. The molecule has 1 heterocycles. The van der Waals surface area contributed by atoms with E-state index < -0.39 is 5.91 Å². The van der Waals surface area contributed by atoms with Crippen molar-refractivity contribution in [3.05, 3.63) is 21.9 Å². The van der Waals surface area contributed by atoms with Crippen molar-refractivity contribution in [2.45, 2.75) is 38.4 Å². The van der Waals surface area contributed by atoms with E-state index in [2.05, 4.69) is 10.6 Å². The molecule has 4 N–H and O–H groups in total. The molecule has 6 heteroatoms. The molecule has 0 aliphatic heterocycles. The standard InChI is InChI=1S/C12H17N3O2S/c1-7(12(17)15-9-2-3-9)14-5-10-4-8(6-18-10)11(13)16/h4,6-7,9,14H,2-3,5H2,1H3,(H2,13,16)(H,15,17). The van der Waals surface area contributed by atoms with Crippen molar-refractivity contribution in [2.24, 2.45) is 5.73 Å². The maximum Gasteiger partial charge on any atom is 0.249 e. The van der Waals surface area contributed by atoms with Crippen LogP contribution < -0.4 is 16.4 Å². The van der Waals surface area contributed by atoms with Crippen molar-refractivity contribution in [2.75, 3.05) is 0 Å². The summed E-state index contributed by atoms with van der Waals surface area (Å²) in [6.07, 6.45) is 2.18. The van der Waals surface area contributed by atoms with Crippen LogP contribution in [0.3, 0.4) is 0 Å². The highest BCUT2D eigenvalue weighted by atomic mass is 32.1. The SMILES string of the molecule is CC(NCc1cc(C(N)=O)cs1)C(=O)NC1CC1. The van der Waals surface area contributed by atoms with Crippen molar-refractivity contribution in [3.63, 3.8) is 0 Å². The second-order valence-corrected chi connectivity index (χ2v) is 5.55. The number of rotatable bonds is 6. The number of hydrogen-bond donors (Lipinski definition) is 3. The van der Waals surface area contributed by atoms with Gasteiger partial charge in [-0.3, -0.25) is 9.59 Å². The van der Waals surface area contributed by atoms with Gasteiger partial charge in [-0.05, 0) is 25.8 Å². The van der Waals surface area contributed by atoms with Crippen LogP contribution in [0.5, 0.6) is 0 Å². The maximum absolute atomic E-state index is 11.7. The molecule has 2 rings (SSSR count). The number of thiophene rings is 1. The molecule has 5 nitrogen and oxygen atoms in total. The van der Waals surface area contributed by atoms with Crippen LogP contribution in [0.2, 0.25) is 0 Å². The first-order chi connectivity index (χ1) is 8.56. The largest absolute Gasteiger partial charge is 0.366 e. The summed E-state index contributed by atoms with van der Waals surface area (Å²) in [5, 5.41) is 7.80. The quantitative estimate of drug-likeness (QED) is 0.706. The van der Waals surface area contributed by atoms with Gasteiger partial charge < -0.3 is 16.4 Å². The zero-order valence-corrected chi connectivity index (χ0v) is 11.0. The van der Waals surface area contributed by atoms with E-state index in [1.807, 2.05) is 6.92 Å². The van der Waals surface area contributed by atoms with Gasteiger partial charge in [0.2, 0.25) is 11.8 Å². The minimum absolute atomic E-state index is 0.0316. The van der Waals surface area contributed by atoms with E-state index in [0.717, 1.165) is 17.7 Å². The molecule has 0 spiro atoms. The third-order valence-corrected chi connectivity index (χ3v) is 3.77. The van der Waals surface area contributed by atoms with Gasteiger partial charge in [0.25, 0.3) is 0 Å². The molecule has 98 valence electrons. The molecule has 1 aliphatic rings. The normalized spacial score (nSPS) is 16.3. The summed E-state index contributed by atoms with van der Waals surface area (Å²) in [4.78, 5) is 23.6. The fourth-order valence-corrected chi connectivity index (χ4v) is 2.33. The highest BCUT2D eigenvalue weighted by Crippen LogP contribution is 2.18. The molecule has 0 radical (unpaired) electrons. The Labute approximate surface area is 110 Å². The molecular formula is C12H17N3O2S. The summed E-state index contributed by atoms with van der Waals surface area (Å²) >= 11 is 1.46. The molecule has 0 aromatic carbocycles. The Balaban J connectivity index is 1.78. The number of nitrogens with two attached hydrogens (primary N) is 1. The Morgan fingerprint density at radius 1 is 1.56 bits per heavy atom. The first-order valence-corrected chi connectivity index (χ1v) is 6.85. The third-order valence-electron chi connectivity index (χ3n) is 2.84. The van der Waals surface area contributed by atoms with E-state index in [1.54, 1.807) is 11.4 Å². The Bertz CT molecular complexity index is 454. The van der Waals surface area contributed by atoms with Gasteiger partial charge in [0, 0.05) is 22.8 Å². The van der Waals surface area contributed by atoms with Gasteiger partial charge >= 0.3 is 0 Å². The lowest BCUT2D eigenvalue weighted by atomic mass is 10.2. The molecule has 18 heavy (non-hydrogen) atoms. The van der Waals surface area contributed by atoms with Gasteiger partial charge in [-0.25, -0.2) is 0 Å². The summed E-state index contributed by atoms with van der Waals surface area (Å²) < 4.78 is 0. The predicted octanol–water partition coefficient (Wildman–Crippen LogP) is 0.604. The average Bonchev–Trinajstić information content (AvgIpc) is 3.00. The van der Waals surface area contributed by atoms with Gasteiger partial charge in [-0.15, -0.1) is 11.3 Å². The zero-order valence-electron chi connectivity index (χ0n) is 10.2. The first kappa shape index (κ1) is 13.0. The van der Waals surface area contributed by atoms with Crippen molar-refractivity contribution >= 4 is 23.2 Å². The lowest BCUT2D eigenvalue weighted by molar-refractivity contribution is -0.122. The van der Waals surface area contributed by atoms with E-state index in [-0.39, 0.29) is 11.9 Å². The minimum Gasteiger partial charge on any atom is -0.366 e. The molecular weight excluding hydrogens is 250 g/mol. The highest BCUT2D eigenvalue weighted by molar-refractivity contribution is 7.10. The summed E-state index contributed by atoms with van der Waals surface area (Å²) in [6, 6.07) is 1.90. The molecule has 1 atom stereocenters.